The van der Waals surface area contributed by atoms with Crippen molar-refractivity contribution < 1.29 is 8.42 Å². The molecule has 0 saturated carbocycles. The van der Waals surface area contributed by atoms with Crippen molar-refractivity contribution in [3.05, 3.63) is 0 Å². The summed E-state index contributed by atoms with van der Waals surface area (Å²) in [5, 5.41) is 0. The van der Waals surface area contributed by atoms with E-state index in [2.05, 4.69) is 0 Å². The Bertz CT molecular complexity index is 300. The molecule has 0 atom stereocenters. The third-order valence-electron chi connectivity index (χ3n) is 3.05. The molecule has 0 aromatic heterocycles. The second-order valence-corrected chi connectivity index (χ2v) is 6.44. The average molecular weight is 263 g/mol. The molecule has 17 heavy (non-hydrogen) atoms. The summed E-state index contributed by atoms with van der Waals surface area (Å²) < 4.78 is 28.0. The van der Waals surface area contributed by atoms with Crippen molar-refractivity contribution in [2.24, 2.45) is 5.73 Å². The number of hydrogen-bond donors (Lipinski definition) is 1. The molecule has 1 fully saturated rings. The van der Waals surface area contributed by atoms with E-state index in [0.717, 1.165) is 32.1 Å². The maximum Gasteiger partial charge on any atom is 0.281 e. The average Bonchev–Trinajstić information content (AvgIpc) is 2.35. The van der Waals surface area contributed by atoms with Crippen LogP contribution in [0.3, 0.4) is 0 Å². The molecule has 1 saturated heterocycles. The zero-order valence-corrected chi connectivity index (χ0v) is 11.6. The van der Waals surface area contributed by atoms with Gasteiger partial charge in [-0.1, -0.05) is 13.3 Å². The van der Waals surface area contributed by atoms with E-state index < -0.39 is 10.2 Å². The minimum absolute atomic E-state index is 0.537. The van der Waals surface area contributed by atoms with Gasteiger partial charge in [0.05, 0.1) is 0 Å². The lowest BCUT2D eigenvalue weighted by Crippen LogP contribution is -2.46. The molecule has 0 aromatic rings. The van der Waals surface area contributed by atoms with Crippen molar-refractivity contribution in [2.75, 3.05) is 32.7 Å². The van der Waals surface area contributed by atoms with E-state index in [-0.39, 0.29) is 0 Å². The Morgan fingerprint density at radius 1 is 1.18 bits per heavy atom. The van der Waals surface area contributed by atoms with Gasteiger partial charge in [0.2, 0.25) is 0 Å². The number of hydrogen-bond acceptors (Lipinski definition) is 3. The Morgan fingerprint density at radius 3 is 2.35 bits per heavy atom. The van der Waals surface area contributed by atoms with Gasteiger partial charge in [0.1, 0.15) is 0 Å². The van der Waals surface area contributed by atoms with Crippen molar-refractivity contribution in [3.63, 3.8) is 0 Å². The fourth-order valence-corrected chi connectivity index (χ4v) is 3.94. The van der Waals surface area contributed by atoms with Crippen LogP contribution in [-0.4, -0.2) is 49.8 Å². The molecule has 1 aliphatic heterocycles. The van der Waals surface area contributed by atoms with Gasteiger partial charge in [-0.2, -0.15) is 17.0 Å². The Labute approximate surface area is 105 Å². The lowest BCUT2D eigenvalue weighted by Gasteiger charge is -2.32. The Kier molecular flexibility index (Phi) is 6.40. The van der Waals surface area contributed by atoms with Gasteiger partial charge < -0.3 is 5.73 Å². The van der Waals surface area contributed by atoms with Crippen LogP contribution in [0.1, 0.15) is 39.0 Å². The van der Waals surface area contributed by atoms with Crippen molar-refractivity contribution in [3.8, 4) is 0 Å². The van der Waals surface area contributed by atoms with Crippen LogP contribution in [0.15, 0.2) is 0 Å². The van der Waals surface area contributed by atoms with E-state index in [1.165, 1.54) is 0 Å². The fraction of sp³-hybridized carbons (Fsp3) is 1.00. The van der Waals surface area contributed by atoms with Crippen molar-refractivity contribution in [2.45, 2.75) is 39.0 Å². The molecule has 0 aromatic carbocycles. The van der Waals surface area contributed by atoms with Crippen LogP contribution >= 0.6 is 0 Å². The topological polar surface area (TPSA) is 66.6 Å². The molecule has 0 amide bonds. The van der Waals surface area contributed by atoms with E-state index in [0.29, 0.717) is 32.7 Å². The lowest BCUT2D eigenvalue weighted by atomic mass is 10.2. The van der Waals surface area contributed by atoms with Gasteiger partial charge in [-0.25, -0.2) is 0 Å². The molecule has 102 valence electrons. The number of rotatable bonds is 7. The normalized spacial score (nSPS) is 18.8. The maximum absolute atomic E-state index is 12.4. The molecule has 0 unspecified atom stereocenters. The van der Waals surface area contributed by atoms with E-state index in [9.17, 15) is 8.42 Å². The quantitative estimate of drug-likeness (QED) is 0.738. The van der Waals surface area contributed by atoms with Gasteiger partial charge in [-0.05, 0) is 32.2 Å². The van der Waals surface area contributed by atoms with Gasteiger partial charge in [0.15, 0.2) is 0 Å². The second-order valence-electron chi connectivity index (χ2n) is 4.51. The number of nitrogens with zero attached hydrogens (tertiary/aromatic N) is 2. The molecule has 6 heteroatoms. The molecule has 1 heterocycles. The summed E-state index contributed by atoms with van der Waals surface area (Å²) in [4.78, 5) is 0. The Morgan fingerprint density at radius 2 is 1.82 bits per heavy atom. The van der Waals surface area contributed by atoms with Crippen LogP contribution < -0.4 is 5.73 Å². The van der Waals surface area contributed by atoms with Crippen molar-refractivity contribution in [1.82, 2.24) is 8.61 Å². The molecule has 0 bridgehead atoms. The zero-order valence-electron chi connectivity index (χ0n) is 10.8. The maximum atomic E-state index is 12.4. The molecular weight excluding hydrogens is 238 g/mol. The van der Waals surface area contributed by atoms with E-state index in [1.807, 2.05) is 6.92 Å². The first-order chi connectivity index (χ1) is 8.12. The molecule has 1 rings (SSSR count). The lowest BCUT2D eigenvalue weighted by molar-refractivity contribution is 0.301. The largest absolute Gasteiger partial charge is 0.330 e. The molecule has 0 aliphatic carbocycles. The van der Waals surface area contributed by atoms with Crippen LogP contribution in [-0.2, 0) is 10.2 Å². The standard InChI is InChI=1S/C11H25N3O2S/c1-2-8-13(11-6-7-12)17(15,16)14-9-4-3-5-10-14/h2-12H2,1H3. The van der Waals surface area contributed by atoms with Gasteiger partial charge in [-0.3, -0.25) is 0 Å². The Balaban J connectivity index is 2.67. The highest BCUT2D eigenvalue weighted by Gasteiger charge is 2.29. The van der Waals surface area contributed by atoms with Crippen molar-refractivity contribution in [1.29, 1.82) is 0 Å². The summed E-state index contributed by atoms with van der Waals surface area (Å²) in [7, 11) is -3.25. The van der Waals surface area contributed by atoms with Crippen LogP contribution in [0.5, 0.6) is 0 Å². The van der Waals surface area contributed by atoms with Gasteiger partial charge in [0, 0.05) is 26.2 Å². The summed E-state index contributed by atoms with van der Waals surface area (Å²) in [5.41, 5.74) is 5.46. The van der Waals surface area contributed by atoms with Crippen LogP contribution in [0.25, 0.3) is 0 Å². The summed E-state index contributed by atoms with van der Waals surface area (Å²) in [5.74, 6) is 0. The smallest absolute Gasteiger partial charge is 0.281 e. The summed E-state index contributed by atoms with van der Waals surface area (Å²) in [6.07, 6.45) is 4.68. The number of nitrogens with two attached hydrogens (primary N) is 1. The van der Waals surface area contributed by atoms with E-state index in [1.54, 1.807) is 8.61 Å². The van der Waals surface area contributed by atoms with E-state index in [4.69, 9.17) is 5.73 Å². The molecule has 2 N–H and O–H groups in total. The molecule has 0 radical (unpaired) electrons. The molecule has 1 aliphatic rings. The highest BCUT2D eigenvalue weighted by molar-refractivity contribution is 7.86. The molecule has 0 spiro atoms. The second kappa shape index (κ2) is 7.31. The highest BCUT2D eigenvalue weighted by Crippen LogP contribution is 2.16. The Hall–Kier alpha value is -0.170. The fourth-order valence-electron chi connectivity index (χ4n) is 2.12. The molecular formula is C11H25N3O2S. The van der Waals surface area contributed by atoms with Gasteiger partial charge >= 0.3 is 0 Å². The monoisotopic (exact) mass is 263 g/mol. The third kappa shape index (κ3) is 4.21. The first kappa shape index (κ1) is 14.9. The van der Waals surface area contributed by atoms with Crippen LogP contribution in [0, 0.1) is 0 Å². The van der Waals surface area contributed by atoms with E-state index >= 15 is 0 Å². The van der Waals surface area contributed by atoms with Crippen LogP contribution in [0.2, 0.25) is 0 Å². The first-order valence-electron chi connectivity index (χ1n) is 6.58. The first-order valence-corrected chi connectivity index (χ1v) is 7.98. The van der Waals surface area contributed by atoms with Gasteiger partial charge in [0.25, 0.3) is 10.2 Å². The predicted octanol–water partition coefficient (Wildman–Crippen LogP) is 0.778. The predicted molar refractivity (Wildman–Crippen MR) is 69.9 cm³/mol. The van der Waals surface area contributed by atoms with Crippen molar-refractivity contribution >= 4 is 10.2 Å². The molecule has 5 nitrogen and oxygen atoms in total. The summed E-state index contributed by atoms with van der Waals surface area (Å²) in [6.45, 7) is 5.02. The van der Waals surface area contributed by atoms with Gasteiger partial charge in [-0.15, -0.1) is 0 Å². The SMILES string of the molecule is CCCN(CCCN)S(=O)(=O)N1CCCCC1. The summed E-state index contributed by atoms with van der Waals surface area (Å²) in [6, 6.07) is 0. The summed E-state index contributed by atoms with van der Waals surface area (Å²) >= 11 is 0. The number of piperidine rings is 1. The highest BCUT2D eigenvalue weighted by atomic mass is 32.2. The zero-order chi connectivity index (χ0) is 12.7. The minimum Gasteiger partial charge on any atom is -0.330 e. The van der Waals surface area contributed by atoms with Crippen LogP contribution in [0.4, 0.5) is 0 Å². The third-order valence-corrected chi connectivity index (χ3v) is 5.09. The minimum atomic E-state index is -3.25.